The second kappa shape index (κ2) is 10.1. The molecule has 0 saturated carbocycles. The maximum absolute atomic E-state index is 11.7. The van der Waals surface area contributed by atoms with Crippen LogP contribution in [0.4, 0.5) is 5.69 Å². The fourth-order valence-corrected chi connectivity index (χ4v) is 3.56. The minimum absolute atomic E-state index is 0. The highest BCUT2D eigenvalue weighted by Gasteiger charge is 2.41. The van der Waals surface area contributed by atoms with Crippen LogP contribution in [0.15, 0.2) is 29.3 Å². The van der Waals surface area contributed by atoms with Crippen LogP contribution in [0.1, 0.15) is 44.6 Å². The summed E-state index contributed by atoms with van der Waals surface area (Å²) in [6, 6.07) is 8.25. The maximum atomic E-state index is 11.7. The highest BCUT2D eigenvalue weighted by atomic mass is 127. The molecule has 1 aromatic carbocycles. The van der Waals surface area contributed by atoms with E-state index in [2.05, 4.69) is 20.9 Å². The van der Waals surface area contributed by atoms with Gasteiger partial charge in [-0.2, -0.15) is 0 Å². The highest BCUT2D eigenvalue weighted by molar-refractivity contribution is 14.0. The minimum atomic E-state index is 0. The smallest absolute Gasteiger partial charge is 0.224 e. The van der Waals surface area contributed by atoms with Gasteiger partial charge in [-0.1, -0.05) is 19.1 Å². The van der Waals surface area contributed by atoms with Gasteiger partial charge < -0.3 is 20.7 Å². The van der Waals surface area contributed by atoms with Crippen LogP contribution < -0.4 is 16.0 Å². The number of ether oxygens (including phenoxy) is 1. The van der Waals surface area contributed by atoms with E-state index in [0.717, 1.165) is 36.5 Å². The second-order valence-corrected chi connectivity index (χ2v) is 6.78. The van der Waals surface area contributed by atoms with Crippen molar-refractivity contribution in [2.75, 3.05) is 12.4 Å². The normalized spacial score (nSPS) is 24.1. The molecule has 2 fully saturated rings. The lowest BCUT2D eigenvalue weighted by atomic mass is 9.96. The first-order valence-electron chi connectivity index (χ1n) is 9.19. The van der Waals surface area contributed by atoms with Crippen molar-refractivity contribution in [1.29, 1.82) is 0 Å². The lowest BCUT2D eigenvalue weighted by Gasteiger charge is -2.22. The van der Waals surface area contributed by atoms with Crippen LogP contribution in [0.5, 0.6) is 0 Å². The molecule has 3 atom stereocenters. The topological polar surface area (TPSA) is 74.8 Å². The zero-order valence-electron chi connectivity index (χ0n) is 15.5. The van der Waals surface area contributed by atoms with Crippen LogP contribution in [-0.4, -0.2) is 37.2 Å². The van der Waals surface area contributed by atoms with Crippen molar-refractivity contribution in [1.82, 2.24) is 10.6 Å². The predicted molar refractivity (Wildman–Crippen MR) is 115 cm³/mol. The molecule has 3 rings (SSSR count). The average molecular weight is 472 g/mol. The van der Waals surface area contributed by atoms with E-state index in [9.17, 15) is 4.79 Å². The first-order chi connectivity index (χ1) is 12.2. The summed E-state index contributed by atoms with van der Waals surface area (Å²) < 4.78 is 5.88. The number of halogens is 1. The Morgan fingerprint density at radius 1 is 1.35 bits per heavy atom. The summed E-state index contributed by atoms with van der Waals surface area (Å²) in [6.07, 6.45) is 5.52. The van der Waals surface area contributed by atoms with E-state index >= 15 is 0 Å². The maximum Gasteiger partial charge on any atom is 0.224 e. The number of hydrogen-bond acceptors (Lipinski definition) is 3. The SMILES string of the molecule is CCCC(=O)Nc1cccc(CNC(=NC)NC2CC3CCC2O3)c1.I. The number of amides is 1. The van der Waals surface area contributed by atoms with Gasteiger partial charge in [0, 0.05) is 25.7 Å². The van der Waals surface area contributed by atoms with Crippen molar-refractivity contribution in [2.24, 2.45) is 4.99 Å². The van der Waals surface area contributed by atoms with E-state index in [1.165, 1.54) is 6.42 Å². The molecule has 144 valence electrons. The molecule has 2 aliphatic rings. The van der Waals surface area contributed by atoms with Crippen molar-refractivity contribution in [3.63, 3.8) is 0 Å². The number of carbonyl (C=O) groups is 1. The molecule has 2 heterocycles. The Morgan fingerprint density at radius 3 is 2.85 bits per heavy atom. The first-order valence-corrected chi connectivity index (χ1v) is 9.19. The molecule has 1 aromatic rings. The number of fused-ring (bicyclic) bond motifs is 2. The van der Waals surface area contributed by atoms with Gasteiger partial charge in [0.1, 0.15) is 0 Å². The number of carbonyl (C=O) groups excluding carboxylic acids is 1. The van der Waals surface area contributed by atoms with E-state index in [0.29, 0.717) is 31.2 Å². The molecule has 7 heteroatoms. The third-order valence-corrected chi connectivity index (χ3v) is 4.80. The summed E-state index contributed by atoms with van der Waals surface area (Å²) in [5.41, 5.74) is 1.93. The Bertz CT molecular complexity index is 638. The lowest BCUT2D eigenvalue weighted by Crippen LogP contribution is -2.47. The Labute approximate surface area is 172 Å². The number of benzene rings is 1. The molecule has 3 N–H and O–H groups in total. The Kier molecular flexibility index (Phi) is 8.15. The van der Waals surface area contributed by atoms with Gasteiger partial charge in [0.25, 0.3) is 0 Å². The van der Waals surface area contributed by atoms with E-state index in [4.69, 9.17) is 4.74 Å². The Hall–Kier alpha value is -1.35. The number of nitrogens with one attached hydrogen (secondary N) is 3. The fraction of sp³-hybridized carbons (Fsp3) is 0.579. The van der Waals surface area contributed by atoms with Crippen LogP contribution in [-0.2, 0) is 16.1 Å². The van der Waals surface area contributed by atoms with Gasteiger partial charge >= 0.3 is 0 Å². The Morgan fingerprint density at radius 2 is 2.19 bits per heavy atom. The number of rotatable bonds is 6. The van der Waals surface area contributed by atoms with Crippen molar-refractivity contribution in [3.8, 4) is 0 Å². The molecule has 0 radical (unpaired) electrons. The third-order valence-electron chi connectivity index (χ3n) is 4.80. The molecule has 0 spiro atoms. The molecule has 1 amide bonds. The van der Waals surface area contributed by atoms with E-state index in [-0.39, 0.29) is 29.9 Å². The number of hydrogen-bond donors (Lipinski definition) is 3. The van der Waals surface area contributed by atoms with Gasteiger partial charge in [-0.05, 0) is 43.4 Å². The van der Waals surface area contributed by atoms with Crippen LogP contribution in [0, 0.1) is 0 Å². The number of guanidine groups is 1. The van der Waals surface area contributed by atoms with Gasteiger partial charge in [-0.25, -0.2) is 0 Å². The largest absolute Gasteiger partial charge is 0.373 e. The van der Waals surface area contributed by atoms with Crippen molar-refractivity contribution >= 4 is 41.5 Å². The van der Waals surface area contributed by atoms with Crippen LogP contribution in [0.25, 0.3) is 0 Å². The molecule has 2 bridgehead atoms. The molecular formula is C19H29IN4O2. The zero-order chi connectivity index (χ0) is 17.6. The molecular weight excluding hydrogens is 443 g/mol. The quantitative estimate of drug-likeness (QED) is 0.338. The number of nitrogens with zero attached hydrogens (tertiary/aromatic N) is 1. The number of anilines is 1. The van der Waals surface area contributed by atoms with Crippen molar-refractivity contribution in [3.05, 3.63) is 29.8 Å². The second-order valence-electron chi connectivity index (χ2n) is 6.78. The summed E-state index contributed by atoms with van der Waals surface area (Å²) in [5.74, 6) is 0.850. The van der Waals surface area contributed by atoms with Crippen LogP contribution >= 0.6 is 24.0 Å². The van der Waals surface area contributed by atoms with Crippen molar-refractivity contribution in [2.45, 2.75) is 63.8 Å². The zero-order valence-corrected chi connectivity index (χ0v) is 17.8. The summed E-state index contributed by atoms with van der Waals surface area (Å²) in [5, 5.41) is 9.76. The molecule has 3 unspecified atom stereocenters. The summed E-state index contributed by atoms with van der Waals surface area (Å²) in [7, 11) is 1.78. The molecule has 2 saturated heterocycles. The monoisotopic (exact) mass is 472 g/mol. The summed E-state index contributed by atoms with van der Waals surface area (Å²) >= 11 is 0. The van der Waals surface area contributed by atoms with Gasteiger partial charge in [0.05, 0.1) is 18.2 Å². The lowest BCUT2D eigenvalue weighted by molar-refractivity contribution is -0.116. The first kappa shape index (κ1) is 21.0. The molecule has 2 aliphatic heterocycles. The molecule has 6 nitrogen and oxygen atoms in total. The standard InChI is InChI=1S/C19H28N4O2.HI/c1-3-5-18(24)22-14-7-4-6-13(10-14)12-21-19(20-2)23-16-11-15-8-9-17(16)25-15;/h4,6-7,10,15-17H,3,5,8-9,11-12H2,1-2H3,(H,22,24)(H2,20,21,23);1H. The summed E-state index contributed by atoms with van der Waals surface area (Å²) in [4.78, 5) is 16.0. The van der Waals surface area contributed by atoms with Crippen LogP contribution in [0.3, 0.4) is 0 Å². The van der Waals surface area contributed by atoms with E-state index in [1.54, 1.807) is 7.05 Å². The predicted octanol–water partition coefficient (Wildman–Crippen LogP) is 3.03. The number of aliphatic imine (C=N–C) groups is 1. The van der Waals surface area contributed by atoms with Gasteiger partial charge in [0.15, 0.2) is 5.96 Å². The molecule has 26 heavy (non-hydrogen) atoms. The van der Waals surface area contributed by atoms with Crippen LogP contribution in [0.2, 0.25) is 0 Å². The summed E-state index contributed by atoms with van der Waals surface area (Å²) in [6.45, 7) is 2.65. The van der Waals surface area contributed by atoms with Gasteiger partial charge in [0.2, 0.25) is 5.91 Å². The molecule has 0 aliphatic carbocycles. The highest BCUT2D eigenvalue weighted by Crippen LogP contribution is 2.34. The fourth-order valence-electron chi connectivity index (χ4n) is 3.56. The average Bonchev–Trinajstić information content (AvgIpc) is 3.22. The van der Waals surface area contributed by atoms with Gasteiger partial charge in [-0.15, -0.1) is 24.0 Å². The van der Waals surface area contributed by atoms with Gasteiger partial charge in [-0.3, -0.25) is 9.79 Å². The van der Waals surface area contributed by atoms with Crippen molar-refractivity contribution < 1.29 is 9.53 Å². The molecule has 0 aromatic heterocycles. The van der Waals surface area contributed by atoms with E-state index in [1.807, 2.05) is 31.2 Å². The minimum Gasteiger partial charge on any atom is -0.373 e. The van der Waals surface area contributed by atoms with E-state index < -0.39 is 0 Å². The third kappa shape index (κ3) is 5.57. The Balaban J connectivity index is 0.00000243.